The molecule has 1 N–H and O–H groups in total. The third-order valence-corrected chi connectivity index (χ3v) is 4.25. The van der Waals surface area contributed by atoms with Gasteiger partial charge in [0, 0.05) is 0 Å². The first-order valence-corrected chi connectivity index (χ1v) is 8.89. The van der Waals surface area contributed by atoms with Crippen LogP contribution in [0, 0.1) is 0 Å². The second-order valence-corrected chi connectivity index (χ2v) is 6.33. The Morgan fingerprint density at radius 2 is 1.55 bits per heavy atom. The summed E-state index contributed by atoms with van der Waals surface area (Å²) in [7, 11) is -3.69. The lowest BCUT2D eigenvalue weighted by Crippen LogP contribution is -2.05. The Balaban J connectivity index is 2.73. The van der Waals surface area contributed by atoms with E-state index in [1.807, 2.05) is 13.8 Å². The van der Waals surface area contributed by atoms with E-state index < -0.39 is 13.8 Å². The average molecular weight is 330 g/mol. The van der Waals surface area contributed by atoms with E-state index in [1.54, 1.807) is 0 Å². The van der Waals surface area contributed by atoms with E-state index in [0.717, 1.165) is 25.7 Å². The number of phosphoric ester groups is 1. The van der Waals surface area contributed by atoms with Crippen LogP contribution >= 0.6 is 7.82 Å². The average Bonchev–Trinajstić information content (AvgIpc) is 2.48. The molecule has 1 aromatic rings. The summed E-state index contributed by atoms with van der Waals surface area (Å²) in [6, 6.07) is 5.62. The zero-order chi connectivity index (χ0) is 16.4. The number of carboxylic acid groups (broad SMARTS) is 1. The van der Waals surface area contributed by atoms with E-state index in [2.05, 4.69) is 0 Å². The van der Waals surface area contributed by atoms with Crippen LogP contribution in [0.25, 0.3) is 0 Å². The number of benzene rings is 1. The summed E-state index contributed by atoms with van der Waals surface area (Å²) >= 11 is 0. The van der Waals surface area contributed by atoms with Crippen molar-refractivity contribution in [3.05, 3.63) is 29.8 Å². The van der Waals surface area contributed by atoms with E-state index in [9.17, 15) is 9.36 Å². The number of unbranched alkanes of at least 4 members (excludes halogenated alkanes) is 2. The van der Waals surface area contributed by atoms with Gasteiger partial charge in [-0.15, -0.1) is 0 Å². The predicted octanol–water partition coefficient (Wildman–Crippen LogP) is 4.51. The Bertz CT molecular complexity index is 485. The molecule has 7 heteroatoms. The molecule has 0 saturated heterocycles. The van der Waals surface area contributed by atoms with Crippen LogP contribution in [-0.4, -0.2) is 24.3 Å². The number of carboxylic acids is 1. The van der Waals surface area contributed by atoms with Gasteiger partial charge in [-0.05, 0) is 37.1 Å². The Labute approximate surface area is 131 Å². The Kier molecular flexibility index (Phi) is 8.17. The second-order valence-electron chi connectivity index (χ2n) is 4.74. The molecule has 0 aliphatic heterocycles. The fourth-order valence-corrected chi connectivity index (χ4v) is 2.78. The third kappa shape index (κ3) is 6.60. The zero-order valence-electron chi connectivity index (χ0n) is 13.0. The van der Waals surface area contributed by atoms with Crippen molar-refractivity contribution in [2.24, 2.45) is 0 Å². The lowest BCUT2D eigenvalue weighted by Gasteiger charge is -2.18. The summed E-state index contributed by atoms with van der Waals surface area (Å²) < 4.78 is 28.5. The standard InChI is InChI=1S/C15H23O6P/c1-3-5-11-19-22(18,20-12-6-4-2)21-14-9-7-13(8-10-14)15(16)17/h7-10H,3-6,11-12H2,1-2H3,(H,16,17). The molecule has 0 spiro atoms. The maximum atomic E-state index is 12.6. The van der Waals surface area contributed by atoms with Gasteiger partial charge in [0.2, 0.25) is 0 Å². The van der Waals surface area contributed by atoms with E-state index in [4.69, 9.17) is 18.7 Å². The summed E-state index contributed by atoms with van der Waals surface area (Å²) in [6.45, 7) is 4.57. The van der Waals surface area contributed by atoms with Crippen molar-refractivity contribution in [1.29, 1.82) is 0 Å². The molecule has 0 unspecified atom stereocenters. The first-order chi connectivity index (χ1) is 10.5. The number of rotatable bonds is 11. The Hall–Kier alpha value is -1.36. The molecular formula is C15H23O6P. The highest BCUT2D eigenvalue weighted by atomic mass is 31.2. The number of hydrogen-bond donors (Lipinski definition) is 1. The van der Waals surface area contributed by atoms with E-state index in [1.165, 1.54) is 24.3 Å². The normalized spacial score (nSPS) is 11.4. The summed E-state index contributed by atoms with van der Waals surface area (Å²) in [5, 5.41) is 8.85. The quantitative estimate of drug-likeness (QED) is 0.475. The van der Waals surface area contributed by atoms with Crippen molar-refractivity contribution in [3.8, 4) is 5.75 Å². The smallest absolute Gasteiger partial charge is 0.478 e. The maximum absolute atomic E-state index is 12.6. The molecule has 0 aromatic heterocycles. The molecular weight excluding hydrogens is 307 g/mol. The van der Waals surface area contributed by atoms with Crippen molar-refractivity contribution in [1.82, 2.24) is 0 Å². The lowest BCUT2D eigenvalue weighted by molar-refractivity contribution is 0.0697. The number of carbonyl (C=O) groups is 1. The van der Waals surface area contributed by atoms with Crippen molar-refractivity contribution >= 4 is 13.8 Å². The number of hydrogen-bond acceptors (Lipinski definition) is 5. The van der Waals surface area contributed by atoms with Crippen LogP contribution in [0.5, 0.6) is 5.75 Å². The van der Waals surface area contributed by atoms with E-state index >= 15 is 0 Å². The maximum Gasteiger partial charge on any atom is 0.530 e. The van der Waals surface area contributed by atoms with Crippen LogP contribution in [0.2, 0.25) is 0 Å². The van der Waals surface area contributed by atoms with Crippen molar-refractivity contribution < 1.29 is 28.0 Å². The molecule has 0 heterocycles. The summed E-state index contributed by atoms with van der Waals surface area (Å²) in [6.07, 6.45) is 3.31. The highest BCUT2D eigenvalue weighted by Gasteiger charge is 2.28. The minimum Gasteiger partial charge on any atom is -0.478 e. The van der Waals surface area contributed by atoms with Crippen LogP contribution in [0.4, 0.5) is 0 Å². The fraction of sp³-hybridized carbons (Fsp3) is 0.533. The third-order valence-electron chi connectivity index (χ3n) is 2.81. The minimum atomic E-state index is -3.69. The van der Waals surface area contributed by atoms with Gasteiger partial charge in [-0.1, -0.05) is 26.7 Å². The highest BCUT2D eigenvalue weighted by Crippen LogP contribution is 2.49. The van der Waals surface area contributed by atoms with Gasteiger partial charge in [0.15, 0.2) is 0 Å². The topological polar surface area (TPSA) is 82.1 Å². The van der Waals surface area contributed by atoms with Gasteiger partial charge in [0.05, 0.1) is 18.8 Å². The monoisotopic (exact) mass is 330 g/mol. The lowest BCUT2D eigenvalue weighted by atomic mass is 10.2. The Morgan fingerprint density at radius 3 is 1.95 bits per heavy atom. The predicted molar refractivity (Wildman–Crippen MR) is 83.4 cm³/mol. The highest BCUT2D eigenvalue weighted by molar-refractivity contribution is 7.48. The van der Waals surface area contributed by atoms with Crippen LogP contribution in [0.15, 0.2) is 24.3 Å². The van der Waals surface area contributed by atoms with Crippen molar-refractivity contribution in [2.75, 3.05) is 13.2 Å². The van der Waals surface area contributed by atoms with Crippen LogP contribution < -0.4 is 4.52 Å². The largest absolute Gasteiger partial charge is 0.530 e. The molecule has 6 nitrogen and oxygen atoms in total. The number of aromatic carboxylic acids is 1. The van der Waals surface area contributed by atoms with E-state index in [0.29, 0.717) is 0 Å². The first-order valence-electron chi connectivity index (χ1n) is 7.43. The van der Waals surface area contributed by atoms with Crippen molar-refractivity contribution in [2.45, 2.75) is 39.5 Å². The van der Waals surface area contributed by atoms with Crippen LogP contribution in [0.3, 0.4) is 0 Å². The second kappa shape index (κ2) is 9.62. The summed E-state index contributed by atoms with van der Waals surface area (Å²) in [4.78, 5) is 10.8. The molecule has 1 aromatic carbocycles. The molecule has 22 heavy (non-hydrogen) atoms. The van der Waals surface area contributed by atoms with Gasteiger partial charge >= 0.3 is 13.8 Å². The Morgan fingerprint density at radius 1 is 1.05 bits per heavy atom. The van der Waals surface area contributed by atoms with Gasteiger partial charge in [0.25, 0.3) is 0 Å². The molecule has 0 atom stereocenters. The van der Waals surface area contributed by atoms with Gasteiger partial charge in [0.1, 0.15) is 5.75 Å². The molecule has 0 fully saturated rings. The molecule has 124 valence electrons. The van der Waals surface area contributed by atoms with Gasteiger partial charge in [-0.3, -0.25) is 9.05 Å². The summed E-state index contributed by atoms with van der Waals surface area (Å²) in [5.41, 5.74) is 0.126. The fourth-order valence-electron chi connectivity index (χ4n) is 1.52. The van der Waals surface area contributed by atoms with Crippen molar-refractivity contribution in [3.63, 3.8) is 0 Å². The minimum absolute atomic E-state index is 0.126. The first kappa shape index (κ1) is 18.7. The molecule has 0 bridgehead atoms. The molecule has 0 radical (unpaired) electrons. The molecule has 0 saturated carbocycles. The number of phosphoric acid groups is 1. The molecule has 0 amide bonds. The molecule has 0 aliphatic rings. The SMILES string of the molecule is CCCCOP(=O)(OCCCC)Oc1ccc(C(=O)O)cc1. The van der Waals surface area contributed by atoms with Crippen LogP contribution in [-0.2, 0) is 13.6 Å². The summed E-state index contributed by atoms with van der Waals surface area (Å²) in [5.74, 6) is -0.783. The van der Waals surface area contributed by atoms with Gasteiger partial charge in [-0.2, -0.15) is 0 Å². The van der Waals surface area contributed by atoms with Crippen LogP contribution in [0.1, 0.15) is 49.9 Å². The van der Waals surface area contributed by atoms with Gasteiger partial charge in [-0.25, -0.2) is 9.36 Å². The zero-order valence-corrected chi connectivity index (χ0v) is 13.9. The van der Waals surface area contributed by atoms with Gasteiger partial charge < -0.3 is 9.63 Å². The molecule has 1 rings (SSSR count). The van der Waals surface area contributed by atoms with E-state index in [-0.39, 0.29) is 24.5 Å². The molecule has 0 aliphatic carbocycles.